The summed E-state index contributed by atoms with van der Waals surface area (Å²) in [6.45, 7) is 3.90. The average Bonchev–Trinajstić information content (AvgIpc) is 3.03. The van der Waals surface area contributed by atoms with E-state index in [0.29, 0.717) is 10.9 Å². The van der Waals surface area contributed by atoms with Crippen molar-refractivity contribution in [1.29, 1.82) is 0 Å². The maximum atomic E-state index is 12.0. The highest BCUT2D eigenvalue weighted by Gasteiger charge is 2.10. The quantitative estimate of drug-likeness (QED) is 0.767. The molecule has 3 aromatic rings. The molecule has 0 saturated heterocycles. The minimum absolute atomic E-state index is 0.0652. The van der Waals surface area contributed by atoms with Crippen molar-refractivity contribution in [2.75, 3.05) is 11.9 Å². The monoisotopic (exact) mass is 339 g/mol. The molecule has 1 N–H and O–H groups in total. The van der Waals surface area contributed by atoms with Crippen LogP contribution in [0.25, 0.3) is 10.6 Å². The number of carbonyl (C=O) groups is 1. The molecule has 122 valence electrons. The van der Waals surface area contributed by atoms with Crippen molar-refractivity contribution < 1.29 is 9.53 Å². The standard InChI is InChI=1S/C18H17N3O2S/c1-12-7-9-14(10-8-12)17-20-21-18(24-17)19-16(22)11-23-15-6-4-3-5-13(15)2/h3-10H,11H2,1-2H3,(H,19,21,22). The third kappa shape index (κ3) is 3.97. The van der Waals surface area contributed by atoms with Gasteiger partial charge in [-0.15, -0.1) is 10.2 Å². The maximum Gasteiger partial charge on any atom is 0.264 e. The van der Waals surface area contributed by atoms with E-state index in [0.717, 1.165) is 16.1 Å². The molecule has 24 heavy (non-hydrogen) atoms. The number of benzene rings is 2. The molecule has 3 rings (SSSR count). The molecule has 0 aliphatic carbocycles. The fraction of sp³-hybridized carbons (Fsp3) is 0.167. The lowest BCUT2D eigenvalue weighted by atomic mass is 10.2. The van der Waals surface area contributed by atoms with Crippen molar-refractivity contribution in [2.24, 2.45) is 0 Å². The van der Waals surface area contributed by atoms with E-state index >= 15 is 0 Å². The first-order valence-electron chi connectivity index (χ1n) is 7.50. The Hall–Kier alpha value is -2.73. The number of para-hydroxylation sites is 1. The molecule has 0 aliphatic heterocycles. The molecule has 5 nitrogen and oxygen atoms in total. The second-order valence-corrected chi connectivity index (χ2v) is 6.36. The Balaban J connectivity index is 1.59. The van der Waals surface area contributed by atoms with Crippen LogP contribution in [0.3, 0.4) is 0 Å². The summed E-state index contributed by atoms with van der Waals surface area (Å²) in [5.74, 6) is 0.440. The Kier molecular flexibility index (Phi) is 4.86. The molecule has 1 amide bonds. The Morgan fingerprint density at radius 2 is 1.83 bits per heavy atom. The van der Waals surface area contributed by atoms with Gasteiger partial charge in [0.05, 0.1) is 0 Å². The van der Waals surface area contributed by atoms with Crippen LogP contribution in [-0.4, -0.2) is 22.7 Å². The third-order valence-electron chi connectivity index (χ3n) is 3.42. The minimum atomic E-state index is -0.259. The van der Waals surface area contributed by atoms with Crippen LogP contribution in [0.5, 0.6) is 5.75 Å². The van der Waals surface area contributed by atoms with Gasteiger partial charge in [-0.25, -0.2) is 0 Å². The largest absolute Gasteiger partial charge is 0.483 e. The molecule has 0 aliphatic rings. The van der Waals surface area contributed by atoms with Gasteiger partial charge in [0, 0.05) is 5.56 Å². The van der Waals surface area contributed by atoms with Gasteiger partial charge in [-0.3, -0.25) is 10.1 Å². The van der Waals surface area contributed by atoms with Gasteiger partial charge in [-0.1, -0.05) is 59.4 Å². The SMILES string of the molecule is Cc1ccc(-c2nnc(NC(=O)COc3ccccc3C)s2)cc1. The van der Waals surface area contributed by atoms with E-state index in [1.165, 1.54) is 16.9 Å². The van der Waals surface area contributed by atoms with Crippen LogP contribution in [-0.2, 0) is 4.79 Å². The second-order valence-electron chi connectivity index (χ2n) is 5.38. The maximum absolute atomic E-state index is 12.0. The highest BCUT2D eigenvalue weighted by Crippen LogP contribution is 2.26. The van der Waals surface area contributed by atoms with E-state index in [9.17, 15) is 4.79 Å². The molecule has 6 heteroatoms. The molecular weight excluding hydrogens is 322 g/mol. The molecule has 0 radical (unpaired) electrons. The van der Waals surface area contributed by atoms with Gasteiger partial charge in [0.25, 0.3) is 5.91 Å². The van der Waals surface area contributed by atoms with Crippen molar-refractivity contribution in [3.63, 3.8) is 0 Å². The Morgan fingerprint density at radius 3 is 2.58 bits per heavy atom. The van der Waals surface area contributed by atoms with Crippen LogP contribution in [0.2, 0.25) is 0 Å². The summed E-state index contributed by atoms with van der Waals surface area (Å²) in [7, 11) is 0. The second kappa shape index (κ2) is 7.23. The van der Waals surface area contributed by atoms with E-state index in [1.807, 2.05) is 62.4 Å². The number of hydrogen-bond donors (Lipinski definition) is 1. The summed E-state index contributed by atoms with van der Waals surface area (Å²) in [5, 5.41) is 12.1. The third-order valence-corrected chi connectivity index (χ3v) is 4.31. The molecule has 1 heterocycles. The lowest BCUT2D eigenvalue weighted by Gasteiger charge is -2.07. The number of nitrogens with zero attached hydrogens (tertiary/aromatic N) is 2. The van der Waals surface area contributed by atoms with Crippen molar-refractivity contribution in [3.8, 4) is 16.3 Å². The molecule has 0 bridgehead atoms. The summed E-state index contributed by atoms with van der Waals surface area (Å²) < 4.78 is 5.52. The van der Waals surface area contributed by atoms with Crippen LogP contribution in [0.1, 0.15) is 11.1 Å². The van der Waals surface area contributed by atoms with Crippen LogP contribution >= 0.6 is 11.3 Å². The van der Waals surface area contributed by atoms with Crippen molar-refractivity contribution in [1.82, 2.24) is 10.2 Å². The summed E-state index contributed by atoms with van der Waals surface area (Å²) in [6, 6.07) is 15.6. The molecule has 0 spiro atoms. The van der Waals surface area contributed by atoms with E-state index in [2.05, 4.69) is 15.5 Å². The molecule has 0 saturated carbocycles. The van der Waals surface area contributed by atoms with Gasteiger partial charge in [-0.2, -0.15) is 0 Å². The van der Waals surface area contributed by atoms with E-state index in [-0.39, 0.29) is 12.5 Å². The topological polar surface area (TPSA) is 64.1 Å². The number of carbonyl (C=O) groups excluding carboxylic acids is 1. The number of nitrogens with one attached hydrogen (secondary N) is 1. The van der Waals surface area contributed by atoms with E-state index < -0.39 is 0 Å². The van der Waals surface area contributed by atoms with Gasteiger partial charge in [0.1, 0.15) is 10.8 Å². The number of rotatable bonds is 5. The number of amides is 1. The van der Waals surface area contributed by atoms with Crippen LogP contribution in [0.4, 0.5) is 5.13 Å². The molecule has 0 fully saturated rings. The summed E-state index contributed by atoms with van der Waals surface area (Å²) >= 11 is 1.34. The minimum Gasteiger partial charge on any atom is -0.483 e. The molecule has 2 aromatic carbocycles. The van der Waals surface area contributed by atoms with Crippen LogP contribution in [0.15, 0.2) is 48.5 Å². The average molecular weight is 339 g/mol. The predicted molar refractivity (Wildman–Crippen MR) is 95.4 cm³/mol. The lowest BCUT2D eigenvalue weighted by Crippen LogP contribution is -2.20. The number of anilines is 1. The van der Waals surface area contributed by atoms with Crippen LogP contribution < -0.4 is 10.1 Å². The van der Waals surface area contributed by atoms with Crippen LogP contribution in [0, 0.1) is 13.8 Å². The van der Waals surface area contributed by atoms with E-state index in [4.69, 9.17) is 4.74 Å². The number of hydrogen-bond acceptors (Lipinski definition) is 5. The zero-order valence-corrected chi connectivity index (χ0v) is 14.3. The summed E-state index contributed by atoms with van der Waals surface area (Å²) in [6.07, 6.45) is 0. The summed E-state index contributed by atoms with van der Waals surface area (Å²) in [5.41, 5.74) is 3.16. The first-order chi connectivity index (χ1) is 11.6. The highest BCUT2D eigenvalue weighted by atomic mass is 32.1. The number of aromatic nitrogens is 2. The van der Waals surface area contributed by atoms with Gasteiger partial charge >= 0.3 is 0 Å². The fourth-order valence-corrected chi connectivity index (χ4v) is 2.87. The lowest BCUT2D eigenvalue weighted by molar-refractivity contribution is -0.118. The van der Waals surface area contributed by atoms with Gasteiger partial charge < -0.3 is 4.74 Å². The first-order valence-corrected chi connectivity index (χ1v) is 8.32. The number of ether oxygens (including phenoxy) is 1. The van der Waals surface area contributed by atoms with Crippen molar-refractivity contribution in [2.45, 2.75) is 13.8 Å². The normalized spacial score (nSPS) is 10.4. The first kappa shape index (κ1) is 16.1. The summed E-state index contributed by atoms with van der Waals surface area (Å²) in [4.78, 5) is 12.0. The van der Waals surface area contributed by atoms with Gasteiger partial charge in [-0.05, 0) is 25.5 Å². The van der Waals surface area contributed by atoms with E-state index in [1.54, 1.807) is 0 Å². The Labute approximate surface area is 144 Å². The smallest absolute Gasteiger partial charge is 0.264 e. The van der Waals surface area contributed by atoms with Crippen molar-refractivity contribution >= 4 is 22.4 Å². The molecule has 1 aromatic heterocycles. The highest BCUT2D eigenvalue weighted by molar-refractivity contribution is 7.18. The predicted octanol–water partition coefficient (Wildman–Crippen LogP) is 3.84. The fourth-order valence-electron chi connectivity index (χ4n) is 2.10. The number of aryl methyl sites for hydroxylation is 2. The zero-order valence-electron chi connectivity index (χ0n) is 13.4. The molecular formula is C18H17N3O2S. The Morgan fingerprint density at radius 1 is 1.08 bits per heavy atom. The molecule has 0 atom stereocenters. The Bertz CT molecular complexity index is 843. The molecule has 0 unspecified atom stereocenters. The van der Waals surface area contributed by atoms with Gasteiger partial charge in [0.15, 0.2) is 6.61 Å². The van der Waals surface area contributed by atoms with Crippen molar-refractivity contribution in [3.05, 3.63) is 59.7 Å². The zero-order chi connectivity index (χ0) is 16.9. The van der Waals surface area contributed by atoms with Gasteiger partial charge in [0.2, 0.25) is 5.13 Å².